The molecule has 30 heavy (non-hydrogen) atoms. The number of rotatable bonds is 5. The third-order valence-electron chi connectivity index (χ3n) is 6.16. The zero-order valence-corrected chi connectivity index (χ0v) is 17.2. The standard InChI is InChI=1S/C22H22ClFN4O2/c23-17-5-3-14(4-6-17)16-10-18(24)19(11-16)28-20(25-26-22(28)30)9-13-7-8-27(12-13)21(29)15-1-2-15/h3-6,10,13,15H,1-2,7-9,11-12H2,(H,26,30)/t13-/m0/s1. The molecular formula is C22H22ClFN4O2. The van der Waals surface area contributed by atoms with Crippen LogP contribution in [0.15, 0.2) is 41.0 Å². The fourth-order valence-corrected chi connectivity index (χ4v) is 4.50. The minimum Gasteiger partial charge on any atom is -0.342 e. The lowest BCUT2D eigenvalue weighted by atomic mass is 10.0. The van der Waals surface area contributed by atoms with E-state index >= 15 is 0 Å². The smallest absolute Gasteiger partial charge is 0.342 e. The number of hydrogen-bond acceptors (Lipinski definition) is 3. The van der Waals surface area contributed by atoms with Gasteiger partial charge in [-0.05, 0) is 54.5 Å². The van der Waals surface area contributed by atoms with Crippen molar-refractivity contribution in [1.29, 1.82) is 0 Å². The first kappa shape index (κ1) is 19.3. The maximum Gasteiger partial charge on any atom is 0.347 e. The number of nitrogens with zero attached hydrogens (tertiary/aromatic N) is 3. The van der Waals surface area contributed by atoms with E-state index in [1.54, 1.807) is 12.1 Å². The molecule has 0 spiro atoms. The van der Waals surface area contributed by atoms with Gasteiger partial charge in [0.25, 0.3) is 0 Å². The molecule has 1 aromatic carbocycles. The number of hydrogen-bond donors (Lipinski definition) is 1. The van der Waals surface area contributed by atoms with Crippen molar-refractivity contribution >= 4 is 28.8 Å². The Balaban J connectivity index is 1.32. The fraction of sp³-hybridized carbons (Fsp3) is 0.409. The molecule has 6 nitrogen and oxygen atoms in total. The molecule has 0 unspecified atom stereocenters. The third kappa shape index (κ3) is 3.62. The first-order valence-corrected chi connectivity index (χ1v) is 10.7. The van der Waals surface area contributed by atoms with Crippen LogP contribution in [0.25, 0.3) is 11.3 Å². The molecule has 2 fully saturated rings. The van der Waals surface area contributed by atoms with Gasteiger partial charge in [-0.25, -0.2) is 18.9 Å². The maximum atomic E-state index is 14.8. The van der Waals surface area contributed by atoms with E-state index in [1.165, 1.54) is 10.6 Å². The molecule has 1 saturated heterocycles. The van der Waals surface area contributed by atoms with Crippen LogP contribution >= 0.6 is 11.6 Å². The lowest BCUT2D eigenvalue weighted by molar-refractivity contribution is -0.131. The number of benzene rings is 1. The predicted octanol–water partition coefficient (Wildman–Crippen LogP) is 3.65. The molecular weight excluding hydrogens is 407 g/mol. The van der Waals surface area contributed by atoms with Crippen LogP contribution in [-0.2, 0) is 11.2 Å². The minimum absolute atomic E-state index is 0.211. The van der Waals surface area contributed by atoms with Crippen LogP contribution in [0.3, 0.4) is 0 Å². The molecule has 1 saturated carbocycles. The summed E-state index contributed by atoms with van der Waals surface area (Å²) in [5.74, 6) is 0.763. The first-order valence-electron chi connectivity index (χ1n) is 10.3. The van der Waals surface area contributed by atoms with Crippen molar-refractivity contribution in [2.24, 2.45) is 11.8 Å². The highest BCUT2D eigenvalue weighted by atomic mass is 35.5. The Morgan fingerprint density at radius 1 is 1.23 bits per heavy atom. The number of aromatic amines is 1. The quantitative estimate of drug-likeness (QED) is 0.790. The van der Waals surface area contributed by atoms with Crippen LogP contribution in [0.1, 0.15) is 37.1 Å². The highest BCUT2D eigenvalue weighted by molar-refractivity contribution is 6.30. The topological polar surface area (TPSA) is 71.0 Å². The maximum absolute atomic E-state index is 14.8. The summed E-state index contributed by atoms with van der Waals surface area (Å²) in [6.07, 6.45) is 5.16. The van der Waals surface area contributed by atoms with Crippen molar-refractivity contribution in [3.8, 4) is 0 Å². The monoisotopic (exact) mass is 428 g/mol. The molecule has 2 aromatic rings. The second-order valence-electron chi connectivity index (χ2n) is 8.35. The number of aromatic nitrogens is 3. The number of amides is 1. The summed E-state index contributed by atoms with van der Waals surface area (Å²) in [7, 11) is 0. The zero-order valence-electron chi connectivity index (χ0n) is 16.4. The highest BCUT2D eigenvalue weighted by Gasteiger charge is 2.37. The summed E-state index contributed by atoms with van der Waals surface area (Å²) in [6.45, 7) is 1.42. The lowest BCUT2D eigenvalue weighted by Gasteiger charge is -2.16. The molecule has 8 heteroatoms. The van der Waals surface area contributed by atoms with Crippen LogP contribution in [0.2, 0.25) is 5.02 Å². The molecule has 5 rings (SSSR count). The molecule has 0 bridgehead atoms. The number of carbonyl (C=O) groups excluding carboxylic acids is 1. The molecule has 1 aromatic heterocycles. The van der Waals surface area contributed by atoms with E-state index in [4.69, 9.17) is 11.6 Å². The normalized spacial score (nSPS) is 21.5. The number of H-pyrrole nitrogens is 1. The SMILES string of the molecule is O=C(C1CC1)N1CC[C@@H](Cc2n[nH]c(=O)n2C2=C(F)C=C(c3ccc(Cl)cc3)C2)C1. The van der Waals surface area contributed by atoms with E-state index in [0.29, 0.717) is 35.9 Å². The van der Waals surface area contributed by atoms with Crippen molar-refractivity contribution in [2.75, 3.05) is 13.1 Å². The average molecular weight is 429 g/mol. The molecule has 156 valence electrons. The first-order chi connectivity index (χ1) is 14.5. The van der Waals surface area contributed by atoms with Gasteiger partial charge in [0.15, 0.2) is 0 Å². The molecule has 1 N–H and O–H groups in total. The number of nitrogens with one attached hydrogen (secondary N) is 1. The van der Waals surface area contributed by atoms with Crippen LogP contribution in [0, 0.1) is 11.8 Å². The van der Waals surface area contributed by atoms with E-state index in [-0.39, 0.29) is 17.7 Å². The predicted molar refractivity (Wildman–Crippen MR) is 112 cm³/mol. The Kier molecular flexibility index (Phi) is 4.85. The fourth-order valence-electron chi connectivity index (χ4n) is 4.38. The van der Waals surface area contributed by atoms with Gasteiger partial charge in [-0.3, -0.25) is 4.79 Å². The van der Waals surface area contributed by atoms with Gasteiger partial charge in [0.2, 0.25) is 5.91 Å². The number of halogens is 2. The van der Waals surface area contributed by atoms with Gasteiger partial charge >= 0.3 is 5.69 Å². The molecule has 1 amide bonds. The summed E-state index contributed by atoms with van der Waals surface area (Å²) < 4.78 is 16.2. The van der Waals surface area contributed by atoms with Crippen LogP contribution in [-0.4, -0.2) is 38.7 Å². The van der Waals surface area contributed by atoms with Gasteiger partial charge in [-0.2, -0.15) is 5.10 Å². The van der Waals surface area contributed by atoms with Gasteiger partial charge in [-0.15, -0.1) is 0 Å². The second kappa shape index (κ2) is 7.54. The number of allylic oxidation sites excluding steroid dienone is 4. The Morgan fingerprint density at radius 3 is 2.73 bits per heavy atom. The van der Waals surface area contributed by atoms with E-state index in [0.717, 1.165) is 36.9 Å². The van der Waals surface area contributed by atoms with Crippen molar-refractivity contribution in [3.63, 3.8) is 0 Å². The van der Waals surface area contributed by atoms with Gasteiger partial charge in [0.05, 0.1) is 5.70 Å². The number of likely N-dealkylation sites (tertiary alicyclic amines) is 1. The Bertz CT molecular complexity index is 1110. The van der Waals surface area contributed by atoms with E-state index in [9.17, 15) is 14.0 Å². The van der Waals surface area contributed by atoms with Crippen molar-refractivity contribution in [2.45, 2.75) is 32.1 Å². The van der Waals surface area contributed by atoms with Crippen LogP contribution < -0.4 is 5.69 Å². The molecule has 3 aliphatic rings. The summed E-state index contributed by atoms with van der Waals surface area (Å²) in [4.78, 5) is 26.7. The third-order valence-corrected chi connectivity index (χ3v) is 6.41. The van der Waals surface area contributed by atoms with Gasteiger partial charge in [0, 0.05) is 36.9 Å². The van der Waals surface area contributed by atoms with E-state index < -0.39 is 11.5 Å². The summed E-state index contributed by atoms with van der Waals surface area (Å²) in [5, 5.41) is 7.25. The summed E-state index contributed by atoms with van der Waals surface area (Å²) >= 11 is 5.94. The van der Waals surface area contributed by atoms with Gasteiger partial charge in [0.1, 0.15) is 11.7 Å². The van der Waals surface area contributed by atoms with Crippen molar-refractivity contribution < 1.29 is 9.18 Å². The lowest BCUT2D eigenvalue weighted by Crippen LogP contribution is -2.30. The van der Waals surface area contributed by atoms with Crippen molar-refractivity contribution in [1.82, 2.24) is 19.7 Å². The minimum atomic E-state index is -0.440. The van der Waals surface area contributed by atoms with Gasteiger partial charge < -0.3 is 4.90 Å². The number of carbonyl (C=O) groups is 1. The molecule has 1 aliphatic heterocycles. The van der Waals surface area contributed by atoms with E-state index in [1.807, 2.05) is 17.0 Å². The Morgan fingerprint density at radius 2 is 2.00 bits per heavy atom. The Hall–Kier alpha value is -2.67. The summed E-state index contributed by atoms with van der Waals surface area (Å²) in [5.41, 5.74) is 1.52. The molecule has 2 heterocycles. The van der Waals surface area contributed by atoms with Gasteiger partial charge in [-0.1, -0.05) is 23.7 Å². The van der Waals surface area contributed by atoms with Crippen LogP contribution in [0.4, 0.5) is 4.39 Å². The largest absolute Gasteiger partial charge is 0.347 e. The summed E-state index contributed by atoms with van der Waals surface area (Å²) in [6, 6.07) is 7.20. The average Bonchev–Trinajstić information content (AvgIpc) is 3.22. The Labute approximate surface area is 178 Å². The van der Waals surface area contributed by atoms with E-state index in [2.05, 4.69) is 10.2 Å². The zero-order chi connectivity index (χ0) is 20.8. The second-order valence-corrected chi connectivity index (χ2v) is 8.78. The molecule has 0 radical (unpaired) electrons. The molecule has 2 aliphatic carbocycles. The van der Waals surface area contributed by atoms with Crippen molar-refractivity contribution in [3.05, 3.63) is 63.1 Å². The van der Waals surface area contributed by atoms with Crippen LogP contribution in [0.5, 0.6) is 0 Å². The highest BCUT2D eigenvalue weighted by Crippen LogP contribution is 2.37. The molecule has 1 atom stereocenters.